The van der Waals surface area contributed by atoms with Crippen molar-refractivity contribution in [2.75, 3.05) is 6.61 Å². The van der Waals surface area contributed by atoms with E-state index < -0.39 is 45.0 Å². The second kappa shape index (κ2) is 12.5. The van der Waals surface area contributed by atoms with E-state index in [1.165, 1.54) is 6.92 Å². The number of carbonyl (C=O) groups is 1. The Balaban J connectivity index is 1.83. The topological polar surface area (TPSA) is 94.5 Å². The van der Waals surface area contributed by atoms with E-state index in [1.54, 1.807) is 0 Å². The molecule has 4 rings (SSSR count). The number of rotatable bonds is 9. The molecule has 5 atom stereocenters. The second-order valence-electron chi connectivity index (χ2n) is 10.9. The molecule has 39 heavy (non-hydrogen) atoms. The van der Waals surface area contributed by atoms with E-state index in [1.807, 2.05) is 66.7 Å². The number of esters is 1. The molecule has 0 radical (unpaired) electrons. The predicted molar refractivity (Wildman–Crippen MR) is 151 cm³/mol. The van der Waals surface area contributed by atoms with E-state index in [9.17, 15) is 15.0 Å². The van der Waals surface area contributed by atoms with Crippen LogP contribution >= 0.6 is 0 Å². The van der Waals surface area contributed by atoms with Crippen molar-refractivity contribution in [1.29, 1.82) is 0 Å². The van der Waals surface area contributed by atoms with Crippen LogP contribution in [-0.2, 0) is 30.0 Å². The fourth-order valence-corrected chi connectivity index (χ4v) is 9.95. The number of carbonyl (C=O) groups excluding carboxylic acids is 1. The molecular weight excluding hydrogens is 512 g/mol. The van der Waals surface area contributed by atoms with Gasteiger partial charge >= 0.3 is 5.97 Å². The van der Waals surface area contributed by atoms with E-state index in [-0.39, 0.29) is 18.3 Å². The molecule has 0 unspecified atom stereocenters. The molecule has 1 saturated heterocycles. The lowest BCUT2D eigenvalue weighted by atomic mass is 9.99. The Morgan fingerprint density at radius 1 is 0.846 bits per heavy atom. The molecule has 2 N–H and O–H groups in total. The van der Waals surface area contributed by atoms with Crippen LogP contribution in [0, 0.1) is 0 Å². The lowest BCUT2D eigenvalue weighted by Crippen LogP contribution is -2.72. The lowest BCUT2D eigenvalue weighted by Gasteiger charge is -2.50. The standard InChI is InChI=1S/C31H38O7Si/c1-22(32)35-21-26-28(29(27(33)30(34)37-26)36-20-23-14-8-5-9-15-23)38-39(31(2,3)4,24-16-10-6-11-17-24)25-18-12-7-13-19-25/h5-19,26-30,33-34H,20-21H2,1-4H3/t26-,27-,28-,29-,30-/m0/s1. The Morgan fingerprint density at radius 2 is 1.36 bits per heavy atom. The summed E-state index contributed by atoms with van der Waals surface area (Å²) in [6.07, 6.45) is -5.63. The first-order valence-corrected chi connectivity index (χ1v) is 15.1. The number of ether oxygens (including phenoxy) is 3. The fraction of sp³-hybridized carbons (Fsp3) is 0.387. The van der Waals surface area contributed by atoms with Gasteiger partial charge in [0.1, 0.15) is 31.0 Å². The van der Waals surface area contributed by atoms with Crippen LogP contribution in [-0.4, -0.2) is 61.8 Å². The predicted octanol–water partition coefficient (Wildman–Crippen LogP) is 3.16. The van der Waals surface area contributed by atoms with Gasteiger partial charge in [-0.2, -0.15) is 0 Å². The highest BCUT2D eigenvalue weighted by Crippen LogP contribution is 2.40. The highest BCUT2D eigenvalue weighted by atomic mass is 28.4. The van der Waals surface area contributed by atoms with Gasteiger partial charge in [0.15, 0.2) is 6.29 Å². The number of aliphatic hydroxyl groups is 2. The third-order valence-corrected chi connectivity index (χ3v) is 12.1. The zero-order valence-corrected chi connectivity index (χ0v) is 23.9. The summed E-state index contributed by atoms with van der Waals surface area (Å²) >= 11 is 0. The van der Waals surface area contributed by atoms with Gasteiger partial charge in [-0.25, -0.2) is 0 Å². The first-order valence-electron chi connectivity index (χ1n) is 13.2. The maximum atomic E-state index is 11.8. The van der Waals surface area contributed by atoms with Gasteiger partial charge in [-0.15, -0.1) is 0 Å². The molecule has 0 saturated carbocycles. The van der Waals surface area contributed by atoms with Crippen molar-refractivity contribution in [2.24, 2.45) is 0 Å². The highest BCUT2D eigenvalue weighted by molar-refractivity contribution is 6.99. The van der Waals surface area contributed by atoms with Crippen molar-refractivity contribution < 1.29 is 33.6 Å². The molecule has 0 bridgehead atoms. The second-order valence-corrected chi connectivity index (χ2v) is 15.1. The van der Waals surface area contributed by atoms with E-state index >= 15 is 0 Å². The molecule has 1 heterocycles. The SMILES string of the molecule is CC(=O)OC[C@@H]1O[C@H](O)[C@@H](O)[C@H](OCc2ccccc2)[C@H]1O[Si](c1ccccc1)(c1ccccc1)C(C)(C)C. The smallest absolute Gasteiger partial charge is 0.302 e. The summed E-state index contributed by atoms with van der Waals surface area (Å²) in [4.78, 5) is 11.8. The van der Waals surface area contributed by atoms with Gasteiger partial charge in [0.2, 0.25) is 0 Å². The summed E-state index contributed by atoms with van der Waals surface area (Å²) in [5.74, 6) is -0.481. The monoisotopic (exact) mass is 550 g/mol. The van der Waals surface area contributed by atoms with Crippen LogP contribution in [0.1, 0.15) is 33.3 Å². The first-order chi connectivity index (χ1) is 18.6. The van der Waals surface area contributed by atoms with Crippen LogP contribution in [0.2, 0.25) is 5.04 Å². The highest BCUT2D eigenvalue weighted by Gasteiger charge is 2.56. The minimum atomic E-state index is -3.13. The summed E-state index contributed by atoms with van der Waals surface area (Å²) in [7, 11) is -3.13. The van der Waals surface area contributed by atoms with Crippen LogP contribution in [0.25, 0.3) is 0 Å². The Labute approximate surface area is 231 Å². The molecule has 1 aliphatic rings. The molecule has 208 valence electrons. The third kappa shape index (κ3) is 6.49. The van der Waals surface area contributed by atoms with Crippen molar-refractivity contribution >= 4 is 24.7 Å². The molecule has 3 aromatic rings. The molecule has 0 spiro atoms. The average molecular weight is 551 g/mol. The van der Waals surface area contributed by atoms with Crippen LogP contribution in [0.4, 0.5) is 0 Å². The number of aliphatic hydroxyl groups excluding tert-OH is 2. The summed E-state index contributed by atoms with van der Waals surface area (Å²) in [5.41, 5.74) is 0.909. The minimum Gasteiger partial charge on any atom is -0.463 e. The maximum Gasteiger partial charge on any atom is 0.302 e. The van der Waals surface area contributed by atoms with Crippen molar-refractivity contribution in [3.8, 4) is 0 Å². The van der Waals surface area contributed by atoms with Gasteiger partial charge < -0.3 is 28.8 Å². The number of hydrogen-bond acceptors (Lipinski definition) is 7. The number of hydrogen-bond donors (Lipinski definition) is 2. The van der Waals surface area contributed by atoms with E-state index in [0.717, 1.165) is 15.9 Å². The fourth-order valence-electron chi connectivity index (χ4n) is 5.24. The van der Waals surface area contributed by atoms with Gasteiger partial charge in [-0.1, -0.05) is 112 Å². The van der Waals surface area contributed by atoms with Crippen molar-refractivity contribution in [3.63, 3.8) is 0 Å². The van der Waals surface area contributed by atoms with Gasteiger partial charge in [0, 0.05) is 6.92 Å². The van der Waals surface area contributed by atoms with Crippen molar-refractivity contribution in [2.45, 2.75) is 70.0 Å². The van der Waals surface area contributed by atoms with Crippen LogP contribution < -0.4 is 10.4 Å². The Bertz CT molecular complexity index is 1140. The van der Waals surface area contributed by atoms with Crippen LogP contribution in [0.5, 0.6) is 0 Å². The summed E-state index contributed by atoms with van der Waals surface area (Å²) in [6.45, 7) is 7.79. The van der Waals surface area contributed by atoms with E-state index in [2.05, 4.69) is 45.0 Å². The molecule has 1 fully saturated rings. The van der Waals surface area contributed by atoms with Crippen molar-refractivity contribution in [3.05, 3.63) is 96.6 Å². The summed E-state index contributed by atoms with van der Waals surface area (Å²) in [5, 5.41) is 23.5. The molecule has 1 aliphatic heterocycles. The average Bonchev–Trinajstić information content (AvgIpc) is 2.93. The molecular formula is C31H38O7Si. The maximum absolute atomic E-state index is 11.8. The Morgan fingerprint density at radius 3 is 1.85 bits per heavy atom. The largest absolute Gasteiger partial charge is 0.463 e. The van der Waals surface area contributed by atoms with Gasteiger partial charge in [0.05, 0.1) is 6.61 Å². The third-order valence-electron chi connectivity index (χ3n) is 7.10. The van der Waals surface area contributed by atoms with Gasteiger partial charge in [-0.05, 0) is 21.0 Å². The summed E-state index contributed by atoms with van der Waals surface area (Å²) < 4.78 is 24.8. The lowest BCUT2D eigenvalue weighted by molar-refractivity contribution is -0.293. The van der Waals surface area contributed by atoms with Crippen LogP contribution in [0.3, 0.4) is 0 Å². The quantitative estimate of drug-likeness (QED) is 0.312. The molecule has 0 aromatic heterocycles. The van der Waals surface area contributed by atoms with E-state index in [4.69, 9.17) is 18.6 Å². The Hall–Kier alpha value is -2.85. The molecule has 3 aromatic carbocycles. The molecule has 7 nitrogen and oxygen atoms in total. The first kappa shape index (κ1) is 29.1. The zero-order valence-electron chi connectivity index (χ0n) is 22.9. The van der Waals surface area contributed by atoms with Gasteiger partial charge in [-0.3, -0.25) is 4.79 Å². The molecule has 0 aliphatic carbocycles. The molecule has 8 heteroatoms. The molecule has 0 amide bonds. The minimum absolute atomic E-state index is 0.160. The summed E-state index contributed by atoms with van der Waals surface area (Å²) in [6, 6.07) is 29.8. The van der Waals surface area contributed by atoms with Crippen molar-refractivity contribution in [1.82, 2.24) is 0 Å². The number of benzene rings is 3. The van der Waals surface area contributed by atoms with Gasteiger partial charge in [0.25, 0.3) is 8.32 Å². The normalized spacial score (nSPS) is 23.8. The Kier molecular flexibility index (Phi) is 9.38. The zero-order chi connectivity index (χ0) is 28.0. The van der Waals surface area contributed by atoms with E-state index in [0.29, 0.717) is 0 Å². The van der Waals surface area contributed by atoms with Crippen LogP contribution in [0.15, 0.2) is 91.0 Å².